The first kappa shape index (κ1) is 18.4. The van der Waals surface area contributed by atoms with E-state index in [1.807, 2.05) is 0 Å². The number of benzene rings is 1. The summed E-state index contributed by atoms with van der Waals surface area (Å²) in [6.07, 6.45) is -1.11. The van der Waals surface area contributed by atoms with E-state index in [2.05, 4.69) is 10.3 Å². The summed E-state index contributed by atoms with van der Waals surface area (Å²) in [7, 11) is 0. The van der Waals surface area contributed by atoms with Crippen molar-refractivity contribution < 1.29 is 17.9 Å². The molecule has 24 heavy (non-hydrogen) atoms. The zero-order valence-corrected chi connectivity index (χ0v) is 14.0. The molecule has 1 saturated carbocycles. The maximum atomic E-state index is 13.2. The van der Waals surface area contributed by atoms with Crippen molar-refractivity contribution in [3.8, 4) is 5.75 Å². The predicted octanol–water partition coefficient (Wildman–Crippen LogP) is 3.70. The minimum absolute atomic E-state index is 0.0759. The molecule has 0 unspecified atom stereocenters. The van der Waals surface area contributed by atoms with E-state index in [9.17, 15) is 13.2 Å². The number of aliphatic imine (C=N–C) groups is 1. The average Bonchev–Trinajstić information content (AvgIpc) is 2.42. The van der Waals surface area contributed by atoms with Crippen LogP contribution < -0.4 is 15.8 Å². The smallest absolute Gasteiger partial charge is 0.416 e. The summed E-state index contributed by atoms with van der Waals surface area (Å²) < 4.78 is 45.1. The molecule has 0 aliphatic heterocycles. The first-order valence-corrected chi connectivity index (χ1v) is 8.16. The first-order valence-electron chi connectivity index (χ1n) is 8.16. The molecule has 4 nitrogen and oxygen atoms in total. The number of ether oxygens (including phenoxy) is 1. The Morgan fingerprint density at radius 1 is 1.38 bits per heavy atom. The molecule has 2 rings (SSSR count). The number of nitrogens with two attached hydrogens (primary N) is 1. The monoisotopic (exact) mass is 343 g/mol. The second-order valence-electron chi connectivity index (χ2n) is 6.36. The molecular formula is C17H24F3N3O. The van der Waals surface area contributed by atoms with Crippen LogP contribution >= 0.6 is 0 Å². The Balaban J connectivity index is 2.07. The summed E-state index contributed by atoms with van der Waals surface area (Å²) in [4.78, 5) is 4.03. The third-order valence-corrected chi connectivity index (χ3v) is 3.97. The highest BCUT2D eigenvalue weighted by molar-refractivity contribution is 5.77. The molecule has 1 aromatic rings. The van der Waals surface area contributed by atoms with Gasteiger partial charge >= 0.3 is 6.18 Å². The van der Waals surface area contributed by atoms with E-state index in [0.29, 0.717) is 5.92 Å². The van der Waals surface area contributed by atoms with E-state index in [4.69, 9.17) is 10.5 Å². The van der Waals surface area contributed by atoms with E-state index in [-0.39, 0.29) is 29.9 Å². The summed E-state index contributed by atoms with van der Waals surface area (Å²) in [5, 5.41) is 2.97. The van der Waals surface area contributed by atoms with Gasteiger partial charge in [0.2, 0.25) is 0 Å². The lowest BCUT2D eigenvalue weighted by Gasteiger charge is -2.25. The van der Waals surface area contributed by atoms with Crippen LogP contribution in [0.15, 0.2) is 23.2 Å². The van der Waals surface area contributed by atoms with Gasteiger partial charge in [-0.15, -0.1) is 0 Å². The number of rotatable bonds is 6. The van der Waals surface area contributed by atoms with E-state index < -0.39 is 11.7 Å². The molecule has 0 radical (unpaired) electrons. The fraction of sp³-hybridized carbons (Fsp3) is 0.588. The van der Waals surface area contributed by atoms with Crippen molar-refractivity contribution in [2.75, 3.05) is 6.54 Å². The number of nitrogens with one attached hydrogen (secondary N) is 1. The summed E-state index contributed by atoms with van der Waals surface area (Å²) in [5.74, 6) is 0.968. The molecule has 1 fully saturated rings. The van der Waals surface area contributed by atoms with Crippen LogP contribution in [-0.4, -0.2) is 18.6 Å². The third-order valence-electron chi connectivity index (χ3n) is 3.97. The van der Waals surface area contributed by atoms with Crippen LogP contribution in [0.2, 0.25) is 0 Å². The second kappa shape index (κ2) is 7.77. The Kier molecular flexibility index (Phi) is 5.96. The summed E-state index contributed by atoms with van der Waals surface area (Å²) in [6, 6.07) is 3.93. The quantitative estimate of drug-likeness (QED) is 0.612. The summed E-state index contributed by atoms with van der Waals surface area (Å²) >= 11 is 0. The summed E-state index contributed by atoms with van der Waals surface area (Å²) in [5.41, 5.74) is 5.07. The SMILES string of the molecule is CC(C)Oc1ccc(CN=C(N)NCC2CCC2)c(C(F)(F)F)c1. The van der Waals surface area contributed by atoms with Crippen molar-refractivity contribution in [1.29, 1.82) is 0 Å². The molecule has 3 N–H and O–H groups in total. The van der Waals surface area contributed by atoms with Gasteiger partial charge in [0.1, 0.15) is 5.75 Å². The Bertz CT molecular complexity index is 581. The van der Waals surface area contributed by atoms with Crippen molar-refractivity contribution in [3.63, 3.8) is 0 Å². The molecule has 134 valence electrons. The second-order valence-corrected chi connectivity index (χ2v) is 6.36. The van der Waals surface area contributed by atoms with Crippen LogP contribution in [-0.2, 0) is 12.7 Å². The van der Waals surface area contributed by atoms with Gasteiger partial charge in [0.05, 0.1) is 18.2 Å². The number of hydrogen-bond acceptors (Lipinski definition) is 2. The molecular weight excluding hydrogens is 319 g/mol. The Hall–Kier alpha value is -1.92. The van der Waals surface area contributed by atoms with Crippen LogP contribution in [0.3, 0.4) is 0 Å². The number of alkyl halides is 3. The molecule has 0 amide bonds. The Morgan fingerprint density at radius 3 is 2.62 bits per heavy atom. The predicted molar refractivity (Wildman–Crippen MR) is 87.9 cm³/mol. The van der Waals surface area contributed by atoms with Gasteiger partial charge in [-0.25, -0.2) is 4.99 Å². The van der Waals surface area contributed by atoms with Gasteiger partial charge < -0.3 is 15.8 Å². The zero-order chi connectivity index (χ0) is 17.7. The molecule has 1 aromatic carbocycles. The van der Waals surface area contributed by atoms with Gasteiger partial charge in [0.15, 0.2) is 5.96 Å². The first-order chi connectivity index (χ1) is 11.3. The van der Waals surface area contributed by atoms with Gasteiger partial charge in [-0.3, -0.25) is 0 Å². The average molecular weight is 343 g/mol. The van der Waals surface area contributed by atoms with Crippen LogP contribution in [0.25, 0.3) is 0 Å². The van der Waals surface area contributed by atoms with Crippen molar-refractivity contribution in [1.82, 2.24) is 5.32 Å². The van der Waals surface area contributed by atoms with Crippen molar-refractivity contribution >= 4 is 5.96 Å². The third kappa shape index (κ3) is 5.32. The minimum atomic E-state index is -4.46. The molecule has 0 spiro atoms. The van der Waals surface area contributed by atoms with E-state index >= 15 is 0 Å². The maximum absolute atomic E-state index is 13.2. The molecule has 1 aliphatic carbocycles. The fourth-order valence-electron chi connectivity index (χ4n) is 2.47. The molecule has 0 saturated heterocycles. The molecule has 0 bridgehead atoms. The van der Waals surface area contributed by atoms with Gasteiger partial charge in [-0.2, -0.15) is 13.2 Å². The lowest BCUT2D eigenvalue weighted by atomic mass is 9.85. The molecule has 0 aromatic heterocycles. The molecule has 7 heteroatoms. The van der Waals surface area contributed by atoms with Crippen molar-refractivity contribution in [2.45, 2.75) is 51.9 Å². The molecule has 1 aliphatic rings. The minimum Gasteiger partial charge on any atom is -0.491 e. The van der Waals surface area contributed by atoms with Crippen molar-refractivity contribution in [3.05, 3.63) is 29.3 Å². The maximum Gasteiger partial charge on any atom is 0.416 e. The lowest BCUT2D eigenvalue weighted by molar-refractivity contribution is -0.138. The number of hydrogen-bond donors (Lipinski definition) is 2. The Morgan fingerprint density at radius 2 is 2.08 bits per heavy atom. The van der Waals surface area contributed by atoms with Crippen molar-refractivity contribution in [2.24, 2.45) is 16.6 Å². The number of nitrogens with zero attached hydrogens (tertiary/aromatic N) is 1. The number of guanidine groups is 1. The van der Waals surface area contributed by atoms with E-state index in [0.717, 1.165) is 25.5 Å². The van der Waals surface area contributed by atoms with E-state index in [1.54, 1.807) is 13.8 Å². The Labute approximate surface area is 140 Å². The van der Waals surface area contributed by atoms with Crippen LogP contribution in [0, 0.1) is 5.92 Å². The topological polar surface area (TPSA) is 59.6 Å². The fourth-order valence-corrected chi connectivity index (χ4v) is 2.47. The lowest BCUT2D eigenvalue weighted by Crippen LogP contribution is -2.37. The van der Waals surface area contributed by atoms with Crippen LogP contribution in [0.5, 0.6) is 5.75 Å². The normalized spacial score (nSPS) is 16.2. The van der Waals surface area contributed by atoms with Gasteiger partial charge in [0.25, 0.3) is 0 Å². The zero-order valence-electron chi connectivity index (χ0n) is 14.0. The highest BCUT2D eigenvalue weighted by Gasteiger charge is 2.33. The van der Waals surface area contributed by atoms with Gasteiger partial charge in [-0.1, -0.05) is 12.5 Å². The highest BCUT2D eigenvalue weighted by Crippen LogP contribution is 2.35. The highest BCUT2D eigenvalue weighted by atomic mass is 19.4. The standard InChI is InChI=1S/C17H24F3N3O/c1-11(2)24-14-7-6-13(15(8-14)17(18,19)20)10-23-16(21)22-9-12-4-3-5-12/h6-8,11-12H,3-5,9-10H2,1-2H3,(H3,21,22,23). The van der Waals surface area contributed by atoms with Gasteiger partial charge in [0, 0.05) is 6.54 Å². The van der Waals surface area contributed by atoms with Gasteiger partial charge in [-0.05, 0) is 50.3 Å². The van der Waals surface area contributed by atoms with Crippen LogP contribution in [0.4, 0.5) is 13.2 Å². The number of halogens is 3. The molecule has 0 atom stereocenters. The largest absolute Gasteiger partial charge is 0.491 e. The van der Waals surface area contributed by atoms with E-state index in [1.165, 1.54) is 18.6 Å². The summed E-state index contributed by atoms with van der Waals surface area (Å²) in [6.45, 7) is 4.13. The van der Waals surface area contributed by atoms with Crippen LogP contribution in [0.1, 0.15) is 44.2 Å². The molecule has 0 heterocycles.